The fourth-order valence-corrected chi connectivity index (χ4v) is 2.49. The third-order valence-corrected chi connectivity index (χ3v) is 3.66. The summed E-state index contributed by atoms with van der Waals surface area (Å²) in [6, 6.07) is 5.57. The summed E-state index contributed by atoms with van der Waals surface area (Å²) in [4.78, 5) is 11.7. The van der Waals surface area contributed by atoms with E-state index in [0.29, 0.717) is 25.6 Å². The Balaban J connectivity index is 1.51. The third-order valence-electron chi connectivity index (χ3n) is 3.66. The van der Waals surface area contributed by atoms with Crippen LogP contribution in [0.25, 0.3) is 6.08 Å². The van der Waals surface area contributed by atoms with Crippen LogP contribution >= 0.6 is 0 Å². The van der Waals surface area contributed by atoms with Gasteiger partial charge in [-0.2, -0.15) is 0 Å². The summed E-state index contributed by atoms with van der Waals surface area (Å²) in [7, 11) is 0. The van der Waals surface area contributed by atoms with Crippen molar-refractivity contribution < 1.29 is 23.7 Å². The van der Waals surface area contributed by atoms with Crippen LogP contribution in [0.1, 0.15) is 24.8 Å². The smallest absolute Gasteiger partial charge is 0.330 e. The molecule has 0 aliphatic carbocycles. The highest BCUT2D eigenvalue weighted by atomic mass is 16.6. The van der Waals surface area contributed by atoms with E-state index < -0.39 is 0 Å². The summed E-state index contributed by atoms with van der Waals surface area (Å²) >= 11 is 0. The molecule has 1 saturated heterocycles. The summed E-state index contributed by atoms with van der Waals surface area (Å²) in [5, 5.41) is 0. The van der Waals surface area contributed by atoms with E-state index in [-0.39, 0.29) is 12.1 Å². The van der Waals surface area contributed by atoms with E-state index in [1.54, 1.807) is 6.08 Å². The van der Waals surface area contributed by atoms with Crippen molar-refractivity contribution in [3.05, 3.63) is 29.8 Å². The molecule has 0 bridgehead atoms. The molecule has 1 aromatic carbocycles. The normalized spacial score (nSPS) is 20.8. The van der Waals surface area contributed by atoms with Gasteiger partial charge in [0.15, 0.2) is 11.5 Å². The minimum Gasteiger partial charge on any atom is -0.486 e. The zero-order valence-corrected chi connectivity index (χ0v) is 12.5. The van der Waals surface area contributed by atoms with Gasteiger partial charge in [0.2, 0.25) is 0 Å². The lowest BCUT2D eigenvalue weighted by Gasteiger charge is -2.21. The van der Waals surface area contributed by atoms with Crippen LogP contribution in [0.5, 0.6) is 11.5 Å². The second-order valence-corrected chi connectivity index (χ2v) is 5.36. The highest BCUT2D eigenvalue weighted by Crippen LogP contribution is 2.31. The second kappa shape index (κ2) is 7.31. The number of hydrogen-bond donors (Lipinski definition) is 0. The Morgan fingerprint density at radius 3 is 2.86 bits per heavy atom. The first-order valence-electron chi connectivity index (χ1n) is 7.67. The van der Waals surface area contributed by atoms with Crippen LogP contribution in [0.2, 0.25) is 0 Å². The molecule has 5 heteroatoms. The fourth-order valence-electron chi connectivity index (χ4n) is 2.49. The molecule has 0 saturated carbocycles. The first-order chi connectivity index (χ1) is 10.8. The van der Waals surface area contributed by atoms with Crippen molar-refractivity contribution in [1.82, 2.24) is 0 Å². The predicted molar refractivity (Wildman–Crippen MR) is 81.0 cm³/mol. The Kier molecular flexibility index (Phi) is 4.96. The lowest BCUT2D eigenvalue weighted by molar-refractivity contribution is -0.143. The molecule has 0 N–H and O–H groups in total. The minimum atomic E-state index is -0.357. The average molecular weight is 304 g/mol. The molecular weight excluding hydrogens is 284 g/mol. The molecule has 118 valence electrons. The van der Waals surface area contributed by atoms with Crippen LogP contribution in [0, 0.1) is 0 Å². The fraction of sp³-hybridized carbons (Fsp3) is 0.471. The van der Waals surface area contributed by atoms with Gasteiger partial charge in [-0.1, -0.05) is 6.07 Å². The number of benzene rings is 1. The maximum atomic E-state index is 11.7. The van der Waals surface area contributed by atoms with Crippen molar-refractivity contribution in [3.63, 3.8) is 0 Å². The van der Waals surface area contributed by atoms with Crippen LogP contribution < -0.4 is 9.47 Å². The van der Waals surface area contributed by atoms with Gasteiger partial charge in [0.25, 0.3) is 0 Å². The molecule has 2 heterocycles. The molecule has 0 spiro atoms. The summed E-state index contributed by atoms with van der Waals surface area (Å²) < 4.78 is 21.7. The van der Waals surface area contributed by atoms with Crippen LogP contribution in [0.15, 0.2) is 24.3 Å². The summed E-state index contributed by atoms with van der Waals surface area (Å²) in [5.41, 5.74) is 0.870. The Hall–Kier alpha value is -2.01. The maximum absolute atomic E-state index is 11.7. The maximum Gasteiger partial charge on any atom is 0.330 e. The van der Waals surface area contributed by atoms with Crippen molar-refractivity contribution >= 4 is 12.0 Å². The molecule has 0 amide bonds. The van der Waals surface area contributed by atoms with Gasteiger partial charge in [-0.3, -0.25) is 0 Å². The number of carbonyl (C=O) groups excluding carboxylic acids is 1. The van der Waals surface area contributed by atoms with Gasteiger partial charge in [-0.15, -0.1) is 0 Å². The Morgan fingerprint density at radius 1 is 1.18 bits per heavy atom. The van der Waals surface area contributed by atoms with Gasteiger partial charge >= 0.3 is 5.97 Å². The topological polar surface area (TPSA) is 54.0 Å². The van der Waals surface area contributed by atoms with Gasteiger partial charge in [0, 0.05) is 12.7 Å². The standard InChI is InChI=1S/C17H20O5/c18-17(22-12-14-3-1-2-8-19-14)7-5-13-4-6-15-16(11-13)21-10-9-20-15/h4-7,11,14H,1-3,8-10,12H2. The van der Waals surface area contributed by atoms with E-state index in [9.17, 15) is 4.79 Å². The molecule has 0 aromatic heterocycles. The quantitative estimate of drug-likeness (QED) is 0.632. The van der Waals surface area contributed by atoms with Crippen LogP contribution in [-0.2, 0) is 14.3 Å². The SMILES string of the molecule is O=C(C=Cc1ccc2c(c1)OCCO2)OCC1CCCCO1. The molecule has 1 atom stereocenters. The first-order valence-corrected chi connectivity index (χ1v) is 7.67. The third kappa shape index (κ3) is 4.01. The van der Waals surface area contributed by atoms with E-state index in [1.165, 1.54) is 6.08 Å². The first kappa shape index (κ1) is 14.9. The minimum absolute atomic E-state index is 0.0420. The molecule has 5 nitrogen and oxygen atoms in total. The molecule has 2 aliphatic rings. The summed E-state index contributed by atoms with van der Waals surface area (Å²) in [6.07, 6.45) is 6.36. The molecule has 3 rings (SSSR count). The average Bonchev–Trinajstić information content (AvgIpc) is 2.59. The number of ether oxygens (including phenoxy) is 4. The molecule has 1 aromatic rings. The molecule has 1 unspecified atom stereocenters. The van der Waals surface area contributed by atoms with Gasteiger partial charge in [0.05, 0.1) is 6.10 Å². The van der Waals surface area contributed by atoms with Gasteiger partial charge in [0.1, 0.15) is 19.8 Å². The molecule has 2 aliphatic heterocycles. The van der Waals surface area contributed by atoms with E-state index >= 15 is 0 Å². The monoisotopic (exact) mass is 304 g/mol. The summed E-state index contributed by atoms with van der Waals surface area (Å²) in [6.45, 7) is 2.20. The molecular formula is C17H20O5. The van der Waals surface area contributed by atoms with Crippen molar-refractivity contribution in [2.75, 3.05) is 26.4 Å². The van der Waals surface area contributed by atoms with Gasteiger partial charge in [-0.05, 0) is 43.0 Å². The number of rotatable bonds is 4. The van der Waals surface area contributed by atoms with Crippen molar-refractivity contribution in [2.45, 2.75) is 25.4 Å². The van der Waals surface area contributed by atoms with E-state index in [1.807, 2.05) is 18.2 Å². The molecule has 22 heavy (non-hydrogen) atoms. The van der Waals surface area contributed by atoms with Crippen molar-refractivity contribution in [1.29, 1.82) is 0 Å². The Bertz CT molecular complexity index is 546. The lowest BCUT2D eigenvalue weighted by atomic mass is 10.1. The Labute approximate surface area is 129 Å². The van der Waals surface area contributed by atoms with Crippen LogP contribution in [-0.4, -0.2) is 38.5 Å². The van der Waals surface area contributed by atoms with Gasteiger partial charge in [-0.25, -0.2) is 4.79 Å². The van der Waals surface area contributed by atoms with E-state index in [4.69, 9.17) is 18.9 Å². The van der Waals surface area contributed by atoms with E-state index in [2.05, 4.69) is 0 Å². The largest absolute Gasteiger partial charge is 0.486 e. The predicted octanol–water partition coefficient (Wildman–Crippen LogP) is 2.58. The lowest BCUT2D eigenvalue weighted by Crippen LogP contribution is -2.25. The molecule has 1 fully saturated rings. The van der Waals surface area contributed by atoms with E-state index in [0.717, 1.165) is 37.2 Å². The highest BCUT2D eigenvalue weighted by Gasteiger charge is 2.15. The molecule has 0 radical (unpaired) electrons. The zero-order chi connectivity index (χ0) is 15.2. The summed E-state index contributed by atoms with van der Waals surface area (Å²) in [5.74, 6) is 1.09. The number of carbonyl (C=O) groups is 1. The van der Waals surface area contributed by atoms with Crippen LogP contribution in [0.4, 0.5) is 0 Å². The van der Waals surface area contributed by atoms with Gasteiger partial charge < -0.3 is 18.9 Å². The number of esters is 1. The van der Waals surface area contributed by atoms with Crippen LogP contribution in [0.3, 0.4) is 0 Å². The second-order valence-electron chi connectivity index (χ2n) is 5.36. The van der Waals surface area contributed by atoms with Crippen molar-refractivity contribution in [3.8, 4) is 11.5 Å². The Morgan fingerprint density at radius 2 is 2.05 bits per heavy atom. The van der Waals surface area contributed by atoms with Crippen molar-refractivity contribution in [2.24, 2.45) is 0 Å². The number of fused-ring (bicyclic) bond motifs is 1. The highest BCUT2D eigenvalue weighted by molar-refractivity contribution is 5.87. The zero-order valence-electron chi connectivity index (χ0n) is 12.5. The number of hydrogen-bond acceptors (Lipinski definition) is 5.